The van der Waals surface area contributed by atoms with Crippen LogP contribution in [0.4, 0.5) is 0 Å². The average Bonchev–Trinajstić information content (AvgIpc) is 2.76. The van der Waals surface area contributed by atoms with Gasteiger partial charge in [-0.05, 0) is 18.8 Å². The fraction of sp³-hybridized carbons (Fsp3) is 0.429. The zero-order valence-corrected chi connectivity index (χ0v) is 9.63. The smallest absolute Gasteiger partial charge is 0.303 e. The van der Waals surface area contributed by atoms with E-state index < -0.39 is 5.97 Å². The third kappa shape index (κ3) is 2.73. The first-order chi connectivity index (χ1) is 8.18. The third-order valence-electron chi connectivity index (χ3n) is 3.49. The van der Waals surface area contributed by atoms with Crippen molar-refractivity contribution in [1.82, 2.24) is 0 Å². The van der Waals surface area contributed by atoms with Gasteiger partial charge < -0.3 is 5.11 Å². The molecule has 90 valence electrons. The van der Waals surface area contributed by atoms with Gasteiger partial charge in [0, 0.05) is 17.9 Å². The first kappa shape index (κ1) is 11.8. The Morgan fingerprint density at radius 3 is 2.53 bits per heavy atom. The Hall–Kier alpha value is -1.64. The van der Waals surface area contributed by atoms with Gasteiger partial charge >= 0.3 is 5.97 Å². The Bertz CT molecular complexity index is 411. The number of carbonyl (C=O) groups excluding carboxylic acids is 1. The lowest BCUT2D eigenvalue weighted by Gasteiger charge is -2.16. The van der Waals surface area contributed by atoms with Crippen molar-refractivity contribution in [2.24, 2.45) is 11.8 Å². The maximum atomic E-state index is 12.2. The Kier molecular flexibility index (Phi) is 3.57. The lowest BCUT2D eigenvalue weighted by atomic mass is 9.86. The number of ketones is 1. The molecule has 0 bridgehead atoms. The van der Waals surface area contributed by atoms with Crippen LogP contribution in [0, 0.1) is 11.8 Å². The quantitative estimate of drug-likeness (QED) is 0.812. The first-order valence-electron chi connectivity index (χ1n) is 5.99. The van der Waals surface area contributed by atoms with Crippen LogP contribution in [-0.4, -0.2) is 16.9 Å². The van der Waals surface area contributed by atoms with E-state index in [1.807, 2.05) is 18.2 Å². The topological polar surface area (TPSA) is 54.4 Å². The Labute approximate surface area is 100 Å². The molecule has 0 spiro atoms. The molecule has 1 aromatic rings. The molecule has 0 radical (unpaired) electrons. The Morgan fingerprint density at radius 1 is 1.18 bits per heavy atom. The minimum Gasteiger partial charge on any atom is -0.481 e. The lowest BCUT2D eigenvalue weighted by Crippen LogP contribution is -2.21. The summed E-state index contributed by atoms with van der Waals surface area (Å²) in [6.07, 6.45) is 2.76. The predicted octanol–water partition coefficient (Wildman–Crippen LogP) is 2.76. The van der Waals surface area contributed by atoms with E-state index in [0.717, 1.165) is 19.3 Å². The maximum absolute atomic E-state index is 12.2. The van der Waals surface area contributed by atoms with Crippen molar-refractivity contribution in [2.75, 3.05) is 0 Å². The molecule has 0 unspecified atom stereocenters. The van der Waals surface area contributed by atoms with E-state index in [-0.39, 0.29) is 24.0 Å². The third-order valence-corrected chi connectivity index (χ3v) is 3.49. The highest BCUT2D eigenvalue weighted by molar-refractivity contribution is 5.98. The lowest BCUT2D eigenvalue weighted by molar-refractivity contribution is -0.138. The van der Waals surface area contributed by atoms with Crippen molar-refractivity contribution in [3.8, 4) is 0 Å². The summed E-state index contributed by atoms with van der Waals surface area (Å²) >= 11 is 0. The van der Waals surface area contributed by atoms with Crippen molar-refractivity contribution in [2.45, 2.75) is 25.7 Å². The number of Topliss-reactive ketones (excluding diaryl/α,β-unsaturated/α-hetero) is 1. The maximum Gasteiger partial charge on any atom is 0.303 e. The molecule has 1 saturated carbocycles. The molecule has 17 heavy (non-hydrogen) atoms. The predicted molar refractivity (Wildman–Crippen MR) is 63.9 cm³/mol. The Balaban J connectivity index is 2.11. The van der Waals surface area contributed by atoms with Crippen LogP contribution in [0.2, 0.25) is 0 Å². The average molecular weight is 232 g/mol. The largest absolute Gasteiger partial charge is 0.481 e. The second-order valence-electron chi connectivity index (χ2n) is 4.63. The van der Waals surface area contributed by atoms with Gasteiger partial charge in [-0.2, -0.15) is 0 Å². The summed E-state index contributed by atoms with van der Waals surface area (Å²) < 4.78 is 0. The van der Waals surface area contributed by atoms with Gasteiger partial charge in [-0.3, -0.25) is 9.59 Å². The highest BCUT2D eigenvalue weighted by Gasteiger charge is 2.34. The number of aliphatic carboxylic acids is 1. The summed E-state index contributed by atoms with van der Waals surface area (Å²) in [4.78, 5) is 23.0. The van der Waals surface area contributed by atoms with Gasteiger partial charge in [0.15, 0.2) is 5.78 Å². The monoisotopic (exact) mass is 232 g/mol. The summed E-state index contributed by atoms with van der Waals surface area (Å²) in [5.74, 6) is -0.786. The van der Waals surface area contributed by atoms with Crippen LogP contribution in [0.5, 0.6) is 0 Å². The minimum absolute atomic E-state index is 0.0141. The normalized spacial score (nSPS) is 23.5. The fourth-order valence-electron chi connectivity index (χ4n) is 2.67. The molecule has 1 aromatic carbocycles. The molecular weight excluding hydrogens is 216 g/mol. The number of hydrogen-bond acceptors (Lipinski definition) is 2. The molecule has 0 amide bonds. The standard InChI is InChI=1S/C14H16O3/c15-13(16)9-11-7-4-8-12(11)14(17)10-5-2-1-3-6-10/h1-3,5-6,11-12H,4,7-9H2,(H,15,16)/t11-,12+/m1/s1. The van der Waals surface area contributed by atoms with E-state index in [0.29, 0.717) is 5.56 Å². The molecule has 1 fully saturated rings. The number of carboxylic acid groups (broad SMARTS) is 1. The van der Waals surface area contributed by atoms with E-state index in [9.17, 15) is 9.59 Å². The van der Waals surface area contributed by atoms with Crippen LogP contribution < -0.4 is 0 Å². The number of carboxylic acids is 1. The Morgan fingerprint density at radius 2 is 1.88 bits per heavy atom. The molecule has 0 saturated heterocycles. The molecule has 0 heterocycles. The molecule has 3 heteroatoms. The van der Waals surface area contributed by atoms with Gasteiger partial charge in [0.05, 0.1) is 0 Å². The number of rotatable bonds is 4. The van der Waals surface area contributed by atoms with Gasteiger partial charge in [-0.15, -0.1) is 0 Å². The summed E-state index contributed by atoms with van der Waals surface area (Å²) in [6.45, 7) is 0. The van der Waals surface area contributed by atoms with Gasteiger partial charge in [-0.25, -0.2) is 0 Å². The van der Waals surface area contributed by atoms with Gasteiger partial charge in [-0.1, -0.05) is 36.8 Å². The highest BCUT2D eigenvalue weighted by atomic mass is 16.4. The van der Waals surface area contributed by atoms with Crippen LogP contribution in [0.1, 0.15) is 36.0 Å². The van der Waals surface area contributed by atoms with Gasteiger partial charge in [0.25, 0.3) is 0 Å². The highest BCUT2D eigenvalue weighted by Crippen LogP contribution is 2.36. The molecule has 0 aliphatic heterocycles. The van der Waals surface area contributed by atoms with E-state index >= 15 is 0 Å². The number of benzene rings is 1. The number of hydrogen-bond donors (Lipinski definition) is 1. The van der Waals surface area contributed by atoms with Crippen LogP contribution in [0.15, 0.2) is 30.3 Å². The van der Waals surface area contributed by atoms with Crippen molar-refractivity contribution < 1.29 is 14.7 Å². The van der Waals surface area contributed by atoms with Crippen LogP contribution in [0.25, 0.3) is 0 Å². The fourth-order valence-corrected chi connectivity index (χ4v) is 2.67. The molecular formula is C14H16O3. The van der Waals surface area contributed by atoms with Crippen molar-refractivity contribution in [3.63, 3.8) is 0 Å². The van der Waals surface area contributed by atoms with Crippen molar-refractivity contribution in [3.05, 3.63) is 35.9 Å². The van der Waals surface area contributed by atoms with Crippen LogP contribution in [-0.2, 0) is 4.79 Å². The molecule has 2 rings (SSSR count). The molecule has 0 aromatic heterocycles. The van der Waals surface area contributed by atoms with Crippen molar-refractivity contribution >= 4 is 11.8 Å². The van der Waals surface area contributed by atoms with E-state index in [1.54, 1.807) is 12.1 Å². The van der Waals surface area contributed by atoms with E-state index in [1.165, 1.54) is 0 Å². The minimum atomic E-state index is -0.803. The molecule has 1 aliphatic carbocycles. The second-order valence-corrected chi connectivity index (χ2v) is 4.63. The number of carbonyl (C=O) groups is 2. The zero-order valence-electron chi connectivity index (χ0n) is 9.63. The zero-order chi connectivity index (χ0) is 12.3. The van der Waals surface area contributed by atoms with E-state index in [4.69, 9.17) is 5.11 Å². The molecule has 2 atom stereocenters. The molecule has 1 N–H and O–H groups in total. The van der Waals surface area contributed by atoms with Gasteiger partial charge in [0.2, 0.25) is 0 Å². The molecule has 1 aliphatic rings. The first-order valence-corrected chi connectivity index (χ1v) is 5.99. The van der Waals surface area contributed by atoms with Crippen LogP contribution >= 0.6 is 0 Å². The van der Waals surface area contributed by atoms with E-state index in [2.05, 4.69) is 0 Å². The summed E-state index contributed by atoms with van der Waals surface area (Å²) in [7, 11) is 0. The SMILES string of the molecule is O=C(O)C[C@H]1CCC[C@@H]1C(=O)c1ccccc1. The summed E-state index contributed by atoms with van der Waals surface area (Å²) in [5.41, 5.74) is 0.704. The van der Waals surface area contributed by atoms with Gasteiger partial charge in [0.1, 0.15) is 0 Å². The molecule has 3 nitrogen and oxygen atoms in total. The summed E-state index contributed by atoms with van der Waals surface area (Å²) in [5, 5.41) is 8.83. The van der Waals surface area contributed by atoms with Crippen LogP contribution in [0.3, 0.4) is 0 Å². The van der Waals surface area contributed by atoms with Crippen molar-refractivity contribution in [1.29, 1.82) is 0 Å². The second kappa shape index (κ2) is 5.13. The summed E-state index contributed by atoms with van der Waals surface area (Å²) in [6, 6.07) is 9.17.